The van der Waals surface area contributed by atoms with Crippen LogP contribution in [0.4, 0.5) is 0 Å². The van der Waals surface area contributed by atoms with Gasteiger partial charge in [0.15, 0.2) is 11.9 Å². The van der Waals surface area contributed by atoms with Crippen LogP contribution in [0.5, 0.6) is 0 Å². The summed E-state index contributed by atoms with van der Waals surface area (Å²) in [5.74, 6) is 0.931. The molecule has 5 nitrogen and oxygen atoms in total. The van der Waals surface area contributed by atoms with Crippen molar-refractivity contribution in [3.8, 4) is 0 Å². The zero-order valence-electron chi connectivity index (χ0n) is 10.2. The second-order valence-corrected chi connectivity index (χ2v) is 4.69. The number of aromatic nitrogens is 3. The van der Waals surface area contributed by atoms with E-state index in [2.05, 4.69) is 15.1 Å². The summed E-state index contributed by atoms with van der Waals surface area (Å²) in [4.78, 5) is 13.4. The number of fused-ring (bicyclic) bond motifs is 1. The Morgan fingerprint density at radius 2 is 2.11 bits per heavy atom. The Morgan fingerprint density at radius 3 is 2.89 bits per heavy atom. The Labute approximate surface area is 105 Å². The first-order valence-corrected chi connectivity index (χ1v) is 6.38. The molecule has 0 amide bonds. The molecule has 3 rings (SSSR count). The van der Waals surface area contributed by atoms with Gasteiger partial charge in [0, 0.05) is 19.2 Å². The van der Waals surface area contributed by atoms with E-state index in [9.17, 15) is 4.79 Å². The van der Waals surface area contributed by atoms with E-state index < -0.39 is 0 Å². The maximum Gasteiger partial charge on any atom is 0.171 e. The molecule has 0 bridgehead atoms. The fraction of sp³-hybridized carbons (Fsp3) is 0.462. The molecule has 5 heteroatoms. The smallest absolute Gasteiger partial charge is 0.171 e. The van der Waals surface area contributed by atoms with Crippen molar-refractivity contribution >= 4 is 11.9 Å². The highest BCUT2D eigenvalue weighted by molar-refractivity contribution is 5.83. The van der Waals surface area contributed by atoms with Gasteiger partial charge < -0.3 is 4.90 Å². The van der Waals surface area contributed by atoms with Crippen LogP contribution in [-0.2, 0) is 6.42 Å². The van der Waals surface area contributed by atoms with Crippen LogP contribution in [0.2, 0.25) is 0 Å². The van der Waals surface area contributed by atoms with Crippen molar-refractivity contribution < 1.29 is 4.79 Å². The van der Waals surface area contributed by atoms with Crippen LogP contribution in [0.3, 0.4) is 0 Å². The molecule has 3 heterocycles. The van der Waals surface area contributed by atoms with Crippen LogP contribution in [0, 0.1) is 0 Å². The summed E-state index contributed by atoms with van der Waals surface area (Å²) in [6, 6.07) is 3.63. The number of hydrogen-bond acceptors (Lipinski definition) is 4. The zero-order chi connectivity index (χ0) is 12.4. The van der Waals surface area contributed by atoms with E-state index in [1.165, 1.54) is 25.9 Å². The Kier molecular flexibility index (Phi) is 3.06. The molecule has 0 aromatic carbocycles. The Balaban J connectivity index is 1.81. The molecule has 0 atom stereocenters. The molecule has 2 aromatic rings. The monoisotopic (exact) mass is 244 g/mol. The van der Waals surface area contributed by atoms with Crippen molar-refractivity contribution in [2.45, 2.75) is 19.3 Å². The summed E-state index contributed by atoms with van der Waals surface area (Å²) in [5.41, 5.74) is 1.25. The molecule has 1 aliphatic rings. The first-order chi connectivity index (χ1) is 8.88. The summed E-state index contributed by atoms with van der Waals surface area (Å²) in [5, 5.41) is 8.29. The summed E-state index contributed by atoms with van der Waals surface area (Å²) < 4.78 is 1.92. The van der Waals surface area contributed by atoms with E-state index in [4.69, 9.17) is 0 Å². The summed E-state index contributed by atoms with van der Waals surface area (Å²) in [6.45, 7) is 3.40. The Hall–Kier alpha value is -1.75. The Bertz CT molecular complexity index is 557. The van der Waals surface area contributed by atoms with Gasteiger partial charge in [-0.15, -0.1) is 10.2 Å². The fourth-order valence-corrected chi connectivity index (χ4v) is 2.51. The summed E-state index contributed by atoms with van der Waals surface area (Å²) >= 11 is 0. The van der Waals surface area contributed by atoms with Gasteiger partial charge in [-0.1, -0.05) is 0 Å². The number of carbonyl (C=O) groups excluding carboxylic acids is 1. The predicted octanol–water partition coefficient (Wildman–Crippen LogP) is 1.18. The quantitative estimate of drug-likeness (QED) is 0.758. The number of pyridine rings is 1. The lowest BCUT2D eigenvalue weighted by atomic mass is 10.3. The highest BCUT2D eigenvalue weighted by Crippen LogP contribution is 2.11. The van der Waals surface area contributed by atoms with E-state index in [1.54, 1.807) is 6.07 Å². The van der Waals surface area contributed by atoms with Gasteiger partial charge in [-0.25, -0.2) is 0 Å². The molecule has 0 N–H and O–H groups in total. The highest BCUT2D eigenvalue weighted by Gasteiger charge is 2.13. The maximum atomic E-state index is 10.9. The number of rotatable bonds is 4. The highest BCUT2D eigenvalue weighted by atomic mass is 16.1. The second-order valence-electron chi connectivity index (χ2n) is 4.69. The minimum Gasteiger partial charge on any atom is -0.303 e. The van der Waals surface area contributed by atoms with Crippen molar-refractivity contribution in [1.29, 1.82) is 0 Å². The third-order valence-corrected chi connectivity index (χ3v) is 3.51. The molecule has 0 unspecified atom stereocenters. The van der Waals surface area contributed by atoms with Gasteiger partial charge in [-0.2, -0.15) is 0 Å². The maximum absolute atomic E-state index is 10.9. The van der Waals surface area contributed by atoms with E-state index in [0.717, 1.165) is 25.1 Å². The molecule has 2 aromatic heterocycles. The number of carbonyl (C=O) groups is 1. The van der Waals surface area contributed by atoms with Crippen LogP contribution in [0.1, 0.15) is 29.0 Å². The van der Waals surface area contributed by atoms with Crippen LogP contribution in [-0.4, -0.2) is 45.4 Å². The third kappa shape index (κ3) is 2.01. The lowest BCUT2D eigenvalue weighted by Crippen LogP contribution is -2.22. The normalized spacial score (nSPS) is 16.4. The number of likely N-dealkylation sites (tertiary alicyclic amines) is 1. The molecule has 1 saturated heterocycles. The summed E-state index contributed by atoms with van der Waals surface area (Å²) in [6.07, 6.45) is 6.23. The summed E-state index contributed by atoms with van der Waals surface area (Å²) in [7, 11) is 0. The molecule has 0 radical (unpaired) electrons. The van der Waals surface area contributed by atoms with Crippen molar-refractivity contribution in [3.05, 3.63) is 29.7 Å². The van der Waals surface area contributed by atoms with Gasteiger partial charge in [0.05, 0.1) is 5.56 Å². The minimum absolute atomic E-state index is 0.595. The van der Waals surface area contributed by atoms with Crippen LogP contribution in [0.25, 0.3) is 5.65 Å². The molecular weight excluding hydrogens is 228 g/mol. The molecule has 0 saturated carbocycles. The number of nitrogens with zero attached hydrogens (tertiary/aromatic N) is 4. The minimum atomic E-state index is 0.595. The average Bonchev–Trinajstić information content (AvgIpc) is 3.05. The lowest BCUT2D eigenvalue weighted by molar-refractivity contribution is 0.112. The van der Waals surface area contributed by atoms with Gasteiger partial charge in [0.2, 0.25) is 0 Å². The van der Waals surface area contributed by atoms with Gasteiger partial charge in [0.25, 0.3) is 0 Å². The average molecular weight is 244 g/mol. The van der Waals surface area contributed by atoms with Crippen LogP contribution in [0.15, 0.2) is 18.3 Å². The fourth-order valence-electron chi connectivity index (χ4n) is 2.51. The van der Waals surface area contributed by atoms with Gasteiger partial charge in [-0.05, 0) is 38.1 Å². The molecular formula is C13H16N4O. The molecule has 18 heavy (non-hydrogen) atoms. The van der Waals surface area contributed by atoms with Crippen molar-refractivity contribution in [1.82, 2.24) is 19.5 Å². The molecule has 1 fully saturated rings. The first kappa shape index (κ1) is 11.3. The molecule has 94 valence electrons. The second kappa shape index (κ2) is 4.86. The Morgan fingerprint density at radius 1 is 1.28 bits per heavy atom. The SMILES string of the molecule is O=Cc1cccn2c(CCN3CCCC3)nnc12. The largest absolute Gasteiger partial charge is 0.303 e. The molecule has 1 aliphatic heterocycles. The topological polar surface area (TPSA) is 50.5 Å². The van der Waals surface area contributed by atoms with E-state index in [-0.39, 0.29) is 0 Å². The van der Waals surface area contributed by atoms with Crippen LogP contribution < -0.4 is 0 Å². The first-order valence-electron chi connectivity index (χ1n) is 6.38. The van der Waals surface area contributed by atoms with E-state index >= 15 is 0 Å². The van der Waals surface area contributed by atoms with Gasteiger partial charge in [-0.3, -0.25) is 9.20 Å². The standard InChI is InChI=1S/C13H16N4O/c18-10-11-4-3-8-17-12(14-15-13(11)17)5-9-16-6-1-2-7-16/h3-4,8,10H,1-2,5-7,9H2. The molecule has 0 aliphatic carbocycles. The molecule has 0 spiro atoms. The zero-order valence-corrected chi connectivity index (χ0v) is 10.2. The van der Waals surface area contributed by atoms with E-state index in [0.29, 0.717) is 11.2 Å². The third-order valence-electron chi connectivity index (χ3n) is 3.51. The number of aldehydes is 1. The van der Waals surface area contributed by atoms with E-state index in [1.807, 2.05) is 16.7 Å². The number of hydrogen-bond donors (Lipinski definition) is 0. The van der Waals surface area contributed by atoms with Crippen molar-refractivity contribution in [2.75, 3.05) is 19.6 Å². The lowest BCUT2D eigenvalue weighted by Gasteiger charge is -2.13. The predicted molar refractivity (Wildman–Crippen MR) is 67.8 cm³/mol. The van der Waals surface area contributed by atoms with Crippen molar-refractivity contribution in [2.24, 2.45) is 0 Å². The van der Waals surface area contributed by atoms with Gasteiger partial charge >= 0.3 is 0 Å². The van der Waals surface area contributed by atoms with Crippen LogP contribution >= 0.6 is 0 Å². The van der Waals surface area contributed by atoms with Crippen molar-refractivity contribution in [3.63, 3.8) is 0 Å². The van der Waals surface area contributed by atoms with Gasteiger partial charge in [0.1, 0.15) is 5.82 Å².